The molecule has 4 rings (SSSR count). The Labute approximate surface area is 205 Å². The van der Waals surface area contributed by atoms with Gasteiger partial charge in [0.1, 0.15) is 11.0 Å². The smallest absolute Gasteiger partial charge is 0.274 e. The maximum atomic E-state index is 12.7. The predicted molar refractivity (Wildman–Crippen MR) is 134 cm³/mol. The van der Waals surface area contributed by atoms with Crippen molar-refractivity contribution in [1.82, 2.24) is 34.8 Å². The van der Waals surface area contributed by atoms with Gasteiger partial charge in [0.15, 0.2) is 10.3 Å². The predicted octanol–water partition coefficient (Wildman–Crippen LogP) is 3.42. The van der Waals surface area contributed by atoms with Gasteiger partial charge >= 0.3 is 0 Å². The Morgan fingerprint density at radius 2 is 2.03 bits per heavy atom. The number of para-hydroxylation sites is 1. The highest BCUT2D eigenvalue weighted by Crippen LogP contribution is 2.25. The molecule has 1 N–H and O–H groups in total. The number of likely N-dealkylation sites (N-methyl/N-ethyl adjacent to an activating group) is 1. The van der Waals surface area contributed by atoms with Crippen LogP contribution in [0, 0.1) is 0 Å². The summed E-state index contributed by atoms with van der Waals surface area (Å²) in [5.74, 6) is 0.376. The van der Waals surface area contributed by atoms with Crippen LogP contribution in [-0.4, -0.2) is 74.1 Å². The molecule has 34 heavy (non-hydrogen) atoms. The first kappa shape index (κ1) is 23.6. The molecule has 0 fully saturated rings. The standard InChI is InChI=1S/C23H25BrN8O2/c1-4-16-15-31(3)29-19(16)22(33)30(2)10-12-34-13-11-32(17-8-6-5-7-9-17)23-25-14-18-20(26-23)21(24)28-27-18/h4-9,14-15H,1,10-13H2,2-3H3,(H,27,28). The number of H-pyrrole nitrogens is 1. The minimum atomic E-state index is -0.169. The van der Waals surface area contributed by atoms with Crippen LogP contribution in [0.3, 0.4) is 0 Å². The van der Waals surface area contributed by atoms with Gasteiger partial charge in [0.25, 0.3) is 5.91 Å². The Hall–Kier alpha value is -3.57. The minimum Gasteiger partial charge on any atom is -0.378 e. The molecule has 3 aromatic heterocycles. The zero-order chi connectivity index (χ0) is 24.1. The summed E-state index contributed by atoms with van der Waals surface area (Å²) in [7, 11) is 3.51. The maximum absolute atomic E-state index is 12.7. The Bertz CT molecular complexity index is 1290. The van der Waals surface area contributed by atoms with Crippen molar-refractivity contribution in [3.05, 3.63) is 65.2 Å². The zero-order valence-corrected chi connectivity index (χ0v) is 20.6. The molecule has 4 aromatic rings. The molecule has 0 saturated carbocycles. The van der Waals surface area contributed by atoms with Gasteiger partial charge in [0.05, 0.1) is 19.4 Å². The van der Waals surface area contributed by atoms with E-state index in [2.05, 4.69) is 47.8 Å². The van der Waals surface area contributed by atoms with Gasteiger partial charge in [-0.3, -0.25) is 14.6 Å². The highest BCUT2D eigenvalue weighted by molar-refractivity contribution is 9.10. The molecule has 3 heterocycles. The van der Waals surface area contributed by atoms with E-state index in [1.54, 1.807) is 42.1 Å². The summed E-state index contributed by atoms with van der Waals surface area (Å²) in [6.07, 6.45) is 5.11. The molecular formula is C23H25BrN8O2. The second-order valence-corrected chi connectivity index (χ2v) is 8.33. The van der Waals surface area contributed by atoms with Crippen molar-refractivity contribution in [3.8, 4) is 0 Å². The molecule has 0 atom stereocenters. The highest BCUT2D eigenvalue weighted by atomic mass is 79.9. The lowest BCUT2D eigenvalue weighted by Crippen LogP contribution is -2.32. The summed E-state index contributed by atoms with van der Waals surface area (Å²) in [5, 5.41) is 11.3. The van der Waals surface area contributed by atoms with E-state index in [0.717, 1.165) is 11.2 Å². The second kappa shape index (κ2) is 10.6. The van der Waals surface area contributed by atoms with Gasteiger partial charge in [-0.1, -0.05) is 30.9 Å². The largest absolute Gasteiger partial charge is 0.378 e. The number of hydrogen-bond acceptors (Lipinski definition) is 7. The Morgan fingerprint density at radius 1 is 1.26 bits per heavy atom. The van der Waals surface area contributed by atoms with Gasteiger partial charge in [-0.25, -0.2) is 9.97 Å². The summed E-state index contributed by atoms with van der Waals surface area (Å²) >= 11 is 3.41. The number of nitrogens with one attached hydrogen (secondary N) is 1. The van der Waals surface area contributed by atoms with Crippen LogP contribution in [-0.2, 0) is 11.8 Å². The Balaban J connectivity index is 1.37. The molecule has 176 valence electrons. The molecule has 0 aliphatic heterocycles. The van der Waals surface area contributed by atoms with E-state index in [1.807, 2.05) is 35.2 Å². The summed E-state index contributed by atoms with van der Waals surface area (Å²) in [5.41, 5.74) is 3.50. The highest BCUT2D eigenvalue weighted by Gasteiger charge is 2.19. The van der Waals surface area contributed by atoms with Crippen molar-refractivity contribution in [2.24, 2.45) is 7.05 Å². The summed E-state index contributed by atoms with van der Waals surface area (Å²) in [6.45, 7) is 5.52. The molecule has 0 bridgehead atoms. The molecule has 0 radical (unpaired) electrons. The Kier molecular flexibility index (Phi) is 7.33. The fraction of sp³-hybridized carbons (Fsp3) is 0.261. The molecule has 0 aliphatic rings. The van der Waals surface area contributed by atoms with Crippen LogP contribution in [0.4, 0.5) is 11.6 Å². The first-order chi connectivity index (χ1) is 16.5. The first-order valence-electron chi connectivity index (χ1n) is 10.7. The van der Waals surface area contributed by atoms with Gasteiger partial charge in [0.2, 0.25) is 5.95 Å². The van der Waals surface area contributed by atoms with Gasteiger partial charge in [-0.05, 0) is 28.1 Å². The number of amides is 1. The molecule has 0 saturated heterocycles. The third-order valence-electron chi connectivity index (χ3n) is 5.21. The third kappa shape index (κ3) is 5.15. The first-order valence-corrected chi connectivity index (χ1v) is 11.5. The van der Waals surface area contributed by atoms with E-state index >= 15 is 0 Å². The van der Waals surface area contributed by atoms with E-state index in [-0.39, 0.29) is 5.91 Å². The molecule has 1 aromatic carbocycles. The number of aryl methyl sites for hydroxylation is 1. The van der Waals surface area contributed by atoms with Crippen LogP contribution < -0.4 is 4.90 Å². The van der Waals surface area contributed by atoms with Crippen molar-refractivity contribution in [1.29, 1.82) is 0 Å². The van der Waals surface area contributed by atoms with Crippen LogP contribution in [0.1, 0.15) is 16.1 Å². The van der Waals surface area contributed by atoms with Crippen LogP contribution in [0.2, 0.25) is 0 Å². The van der Waals surface area contributed by atoms with E-state index in [4.69, 9.17) is 4.74 Å². The summed E-state index contributed by atoms with van der Waals surface area (Å²) in [4.78, 5) is 25.4. The summed E-state index contributed by atoms with van der Waals surface area (Å²) < 4.78 is 8.10. The number of halogens is 1. The fourth-order valence-electron chi connectivity index (χ4n) is 3.42. The third-order valence-corrected chi connectivity index (χ3v) is 5.76. The van der Waals surface area contributed by atoms with E-state index < -0.39 is 0 Å². The minimum absolute atomic E-state index is 0.169. The average molecular weight is 525 g/mol. The molecule has 0 spiro atoms. The number of anilines is 2. The number of benzene rings is 1. The van der Waals surface area contributed by atoms with Crippen molar-refractivity contribution < 1.29 is 9.53 Å². The van der Waals surface area contributed by atoms with Gasteiger partial charge < -0.3 is 14.5 Å². The quantitative estimate of drug-likeness (QED) is 0.317. The summed E-state index contributed by atoms with van der Waals surface area (Å²) in [6, 6.07) is 9.88. The van der Waals surface area contributed by atoms with Gasteiger partial charge in [-0.2, -0.15) is 10.2 Å². The van der Waals surface area contributed by atoms with Gasteiger partial charge in [-0.15, -0.1) is 0 Å². The SMILES string of the molecule is C=Cc1cn(C)nc1C(=O)N(C)CCOCCN(c1ccccc1)c1ncc2[nH]nc(Br)c2n1. The Morgan fingerprint density at radius 3 is 2.79 bits per heavy atom. The van der Waals surface area contributed by atoms with Crippen LogP contribution in [0.15, 0.2) is 53.9 Å². The molecule has 0 aliphatic carbocycles. The van der Waals surface area contributed by atoms with E-state index in [0.29, 0.717) is 53.6 Å². The number of aromatic amines is 1. The van der Waals surface area contributed by atoms with Crippen LogP contribution in [0.5, 0.6) is 0 Å². The van der Waals surface area contributed by atoms with E-state index in [1.165, 1.54) is 0 Å². The average Bonchev–Trinajstić information content (AvgIpc) is 3.43. The maximum Gasteiger partial charge on any atom is 0.274 e. The lowest BCUT2D eigenvalue weighted by molar-refractivity contribution is 0.0698. The van der Waals surface area contributed by atoms with Crippen molar-refractivity contribution in [2.45, 2.75) is 0 Å². The number of carbonyl (C=O) groups excluding carboxylic acids is 1. The molecule has 1 amide bonds. The normalized spacial score (nSPS) is 11.0. The lowest BCUT2D eigenvalue weighted by atomic mass is 10.2. The van der Waals surface area contributed by atoms with Crippen LogP contribution in [0.25, 0.3) is 17.1 Å². The van der Waals surface area contributed by atoms with Crippen LogP contribution >= 0.6 is 15.9 Å². The number of rotatable bonds is 10. The number of ether oxygens (including phenoxy) is 1. The van der Waals surface area contributed by atoms with Gasteiger partial charge in [0, 0.05) is 44.6 Å². The molecule has 0 unspecified atom stereocenters. The fourth-order valence-corrected chi connectivity index (χ4v) is 3.81. The van der Waals surface area contributed by atoms with Crippen molar-refractivity contribution in [3.63, 3.8) is 0 Å². The number of aromatic nitrogens is 6. The zero-order valence-electron chi connectivity index (χ0n) is 19.0. The monoisotopic (exact) mass is 524 g/mol. The molecule has 10 nitrogen and oxygen atoms in total. The van der Waals surface area contributed by atoms with E-state index in [9.17, 15) is 4.79 Å². The molecular weight excluding hydrogens is 500 g/mol. The van der Waals surface area contributed by atoms with Crippen molar-refractivity contribution in [2.75, 3.05) is 38.3 Å². The number of hydrogen-bond donors (Lipinski definition) is 1. The number of nitrogens with zero attached hydrogens (tertiary/aromatic N) is 7. The second-order valence-electron chi connectivity index (χ2n) is 7.58. The molecule has 11 heteroatoms. The number of carbonyl (C=O) groups is 1. The van der Waals surface area contributed by atoms with Crippen molar-refractivity contribution >= 4 is 50.6 Å². The number of fused-ring (bicyclic) bond motifs is 1. The topological polar surface area (TPSA) is 105 Å². The lowest BCUT2D eigenvalue weighted by Gasteiger charge is -2.23.